The van der Waals surface area contributed by atoms with Crippen LogP contribution in [0.1, 0.15) is 29.3 Å². The zero-order chi connectivity index (χ0) is 26.9. The van der Waals surface area contributed by atoms with Crippen LogP contribution in [0.25, 0.3) is 0 Å². The number of pyridine rings is 1. The highest BCUT2D eigenvalue weighted by molar-refractivity contribution is 7.92. The molecule has 0 spiro atoms. The Hall–Kier alpha value is -3.01. The second-order valence-corrected chi connectivity index (χ2v) is 11.8. The van der Waals surface area contributed by atoms with Gasteiger partial charge < -0.3 is 19.3 Å². The molecule has 0 fully saturated rings. The number of hydrogen-bond acceptors (Lipinski definition) is 7. The summed E-state index contributed by atoms with van der Waals surface area (Å²) in [6.07, 6.45) is 1.57. The van der Waals surface area contributed by atoms with Gasteiger partial charge in [-0.2, -0.15) is 0 Å². The van der Waals surface area contributed by atoms with E-state index in [1.807, 2.05) is 31.3 Å². The number of ether oxygens (including phenoxy) is 2. The number of benzene rings is 2. The summed E-state index contributed by atoms with van der Waals surface area (Å²) in [5.41, 5.74) is 4.72. The van der Waals surface area contributed by atoms with Gasteiger partial charge >= 0.3 is 0 Å². The molecular weight excluding hydrogens is 524 g/mol. The largest absolute Gasteiger partial charge is 0.490 e. The lowest BCUT2D eigenvalue weighted by Gasteiger charge is -2.28. The Morgan fingerprint density at radius 1 is 1.13 bits per heavy atom. The summed E-state index contributed by atoms with van der Waals surface area (Å²) in [6, 6.07) is 12.7. The number of sulfonamides is 1. The summed E-state index contributed by atoms with van der Waals surface area (Å²) < 4.78 is 41.7. The smallest absolute Gasteiger partial charge is 0.262 e. The third-order valence-corrected chi connectivity index (χ3v) is 9.13. The number of likely N-dealkylation sites (N-methyl/N-ethyl adjacent to an activating group) is 2. The van der Waals surface area contributed by atoms with E-state index in [1.165, 1.54) is 0 Å². The highest BCUT2D eigenvalue weighted by Crippen LogP contribution is 2.34. The SMILES string of the molecule is CCN1CCc2cc(NS(=O)(=O)c3cccc(Cl)c3C)c(OCc3ccc4c(c3)OCCN4C)nc2CC1. The van der Waals surface area contributed by atoms with Crippen LogP contribution in [0.4, 0.5) is 11.4 Å². The van der Waals surface area contributed by atoms with E-state index in [9.17, 15) is 8.42 Å². The Labute approximate surface area is 229 Å². The molecule has 0 atom stereocenters. The van der Waals surface area contributed by atoms with Crippen LogP contribution < -0.4 is 19.1 Å². The Kier molecular flexibility index (Phi) is 7.70. The van der Waals surface area contributed by atoms with Crippen molar-refractivity contribution in [2.24, 2.45) is 0 Å². The van der Waals surface area contributed by atoms with Crippen LogP contribution in [0, 0.1) is 6.92 Å². The predicted octanol–water partition coefficient (Wildman–Crippen LogP) is 4.67. The summed E-state index contributed by atoms with van der Waals surface area (Å²) in [6.45, 7) is 8.28. The lowest BCUT2D eigenvalue weighted by atomic mass is 10.1. The lowest BCUT2D eigenvalue weighted by Crippen LogP contribution is -2.28. The van der Waals surface area contributed by atoms with E-state index in [-0.39, 0.29) is 17.4 Å². The van der Waals surface area contributed by atoms with E-state index in [0.717, 1.165) is 67.3 Å². The van der Waals surface area contributed by atoms with Gasteiger partial charge in [-0.3, -0.25) is 4.72 Å². The van der Waals surface area contributed by atoms with E-state index < -0.39 is 10.0 Å². The molecule has 0 bridgehead atoms. The number of nitrogens with one attached hydrogen (secondary N) is 1. The first-order chi connectivity index (χ1) is 18.2. The summed E-state index contributed by atoms with van der Waals surface area (Å²) in [4.78, 5) is 9.48. The molecule has 38 heavy (non-hydrogen) atoms. The van der Waals surface area contributed by atoms with E-state index >= 15 is 0 Å². The molecule has 0 amide bonds. The number of nitrogens with zero attached hydrogens (tertiary/aromatic N) is 3. The first-order valence-corrected chi connectivity index (χ1v) is 14.7. The van der Waals surface area contributed by atoms with Crippen LogP contribution in [0.3, 0.4) is 0 Å². The monoisotopic (exact) mass is 556 g/mol. The predicted molar refractivity (Wildman–Crippen MR) is 150 cm³/mol. The van der Waals surface area contributed by atoms with Crippen LogP contribution in [-0.4, -0.2) is 58.1 Å². The Balaban J connectivity index is 1.47. The topological polar surface area (TPSA) is 84.0 Å². The van der Waals surface area contributed by atoms with Gasteiger partial charge in [0, 0.05) is 37.3 Å². The number of anilines is 2. The molecule has 2 aliphatic heterocycles. The highest BCUT2D eigenvalue weighted by atomic mass is 35.5. The molecule has 3 heterocycles. The fourth-order valence-corrected chi connectivity index (χ4v) is 6.43. The molecule has 0 saturated carbocycles. The van der Waals surface area contributed by atoms with Crippen LogP contribution >= 0.6 is 11.6 Å². The van der Waals surface area contributed by atoms with Gasteiger partial charge in [0.2, 0.25) is 5.88 Å². The highest BCUT2D eigenvalue weighted by Gasteiger charge is 2.24. The van der Waals surface area contributed by atoms with Gasteiger partial charge in [-0.1, -0.05) is 30.7 Å². The Bertz CT molecular complexity index is 1450. The normalized spacial score (nSPS) is 15.7. The maximum Gasteiger partial charge on any atom is 0.262 e. The quantitative estimate of drug-likeness (QED) is 0.452. The molecule has 0 aliphatic carbocycles. The lowest BCUT2D eigenvalue weighted by molar-refractivity contribution is 0.288. The summed E-state index contributed by atoms with van der Waals surface area (Å²) in [7, 11) is -1.89. The molecule has 10 heteroatoms. The van der Waals surface area contributed by atoms with Crippen molar-refractivity contribution < 1.29 is 17.9 Å². The third kappa shape index (κ3) is 5.55. The van der Waals surface area contributed by atoms with Gasteiger partial charge in [0.05, 0.1) is 17.1 Å². The van der Waals surface area contributed by atoms with Crippen molar-refractivity contribution in [3.05, 3.63) is 69.9 Å². The minimum Gasteiger partial charge on any atom is -0.490 e. The van der Waals surface area contributed by atoms with Gasteiger partial charge in [0.1, 0.15) is 24.7 Å². The zero-order valence-electron chi connectivity index (χ0n) is 22.0. The van der Waals surface area contributed by atoms with Crippen LogP contribution in [-0.2, 0) is 29.5 Å². The van der Waals surface area contributed by atoms with Crippen molar-refractivity contribution in [3.63, 3.8) is 0 Å². The molecule has 0 unspecified atom stereocenters. The van der Waals surface area contributed by atoms with E-state index in [4.69, 9.17) is 26.1 Å². The van der Waals surface area contributed by atoms with Gasteiger partial charge in [0.15, 0.2) is 0 Å². The van der Waals surface area contributed by atoms with Crippen LogP contribution in [0.5, 0.6) is 11.6 Å². The van der Waals surface area contributed by atoms with Crippen LogP contribution in [0.15, 0.2) is 47.4 Å². The summed E-state index contributed by atoms with van der Waals surface area (Å²) >= 11 is 6.22. The number of aromatic nitrogens is 1. The van der Waals surface area contributed by atoms with Gasteiger partial charge in [-0.15, -0.1) is 0 Å². The zero-order valence-corrected chi connectivity index (χ0v) is 23.5. The van der Waals surface area contributed by atoms with Gasteiger partial charge in [-0.05, 0) is 66.9 Å². The molecule has 1 N–H and O–H groups in total. The number of hydrogen-bond donors (Lipinski definition) is 1. The number of rotatable bonds is 7. The molecule has 5 rings (SSSR count). The van der Waals surface area contributed by atoms with Gasteiger partial charge in [-0.25, -0.2) is 13.4 Å². The molecule has 0 radical (unpaired) electrons. The Morgan fingerprint density at radius 3 is 2.76 bits per heavy atom. The molecule has 8 nitrogen and oxygen atoms in total. The van der Waals surface area contributed by atoms with Crippen molar-refractivity contribution >= 4 is 33.0 Å². The average Bonchev–Trinajstić information content (AvgIpc) is 3.10. The molecule has 0 saturated heterocycles. The summed E-state index contributed by atoms with van der Waals surface area (Å²) in [5, 5.41) is 0.393. The minimum absolute atomic E-state index is 0.124. The molecule has 1 aromatic heterocycles. The van der Waals surface area contributed by atoms with E-state index in [0.29, 0.717) is 22.9 Å². The second-order valence-electron chi connectivity index (χ2n) is 9.71. The minimum atomic E-state index is -3.93. The van der Waals surface area contributed by atoms with E-state index in [2.05, 4.69) is 21.4 Å². The Morgan fingerprint density at radius 2 is 1.95 bits per heavy atom. The fraction of sp³-hybridized carbons (Fsp3) is 0.393. The fourth-order valence-electron chi connectivity index (χ4n) is 4.88. The van der Waals surface area contributed by atoms with E-state index in [1.54, 1.807) is 25.1 Å². The standard InChI is InChI=1S/C28H33ClN4O4S/c1-4-33-12-10-21-17-24(31-38(34,35)27-7-5-6-22(29)19(27)2)28(30-23(21)11-13-33)37-18-20-8-9-25-26(16-20)36-15-14-32(25)3/h5-9,16-17,31H,4,10-15,18H2,1-3H3. The molecular formula is C28H33ClN4O4S. The van der Waals surface area contributed by atoms with Crippen molar-refractivity contribution in [2.45, 2.75) is 38.2 Å². The number of halogens is 1. The number of fused-ring (bicyclic) bond motifs is 2. The van der Waals surface area contributed by atoms with Crippen molar-refractivity contribution in [3.8, 4) is 11.6 Å². The first kappa shape index (κ1) is 26.6. The molecule has 202 valence electrons. The average molecular weight is 557 g/mol. The van der Waals surface area contributed by atoms with Crippen molar-refractivity contribution in [2.75, 3.05) is 49.5 Å². The molecule has 2 aliphatic rings. The maximum atomic E-state index is 13.4. The molecule has 3 aromatic rings. The van der Waals surface area contributed by atoms with Gasteiger partial charge in [0.25, 0.3) is 10.0 Å². The van der Waals surface area contributed by atoms with Crippen molar-refractivity contribution in [1.29, 1.82) is 0 Å². The molecule has 2 aromatic carbocycles. The van der Waals surface area contributed by atoms with Crippen molar-refractivity contribution in [1.82, 2.24) is 9.88 Å². The summed E-state index contributed by atoms with van der Waals surface area (Å²) in [5.74, 6) is 1.07. The maximum absolute atomic E-state index is 13.4. The first-order valence-electron chi connectivity index (χ1n) is 12.9. The van der Waals surface area contributed by atoms with Crippen LogP contribution in [0.2, 0.25) is 5.02 Å². The second kappa shape index (κ2) is 11.0. The third-order valence-electron chi connectivity index (χ3n) is 7.21.